The van der Waals surface area contributed by atoms with Crippen molar-refractivity contribution in [2.24, 2.45) is 0 Å². The molecular formula is C13H15BrN2O4. The van der Waals surface area contributed by atoms with E-state index in [-0.39, 0.29) is 30.8 Å². The molecule has 20 heavy (non-hydrogen) atoms. The van der Waals surface area contributed by atoms with E-state index in [0.29, 0.717) is 10.2 Å². The van der Waals surface area contributed by atoms with E-state index in [0.717, 1.165) is 12.8 Å². The van der Waals surface area contributed by atoms with Crippen LogP contribution in [0.15, 0.2) is 22.7 Å². The van der Waals surface area contributed by atoms with Crippen molar-refractivity contribution in [3.8, 4) is 0 Å². The first-order valence-corrected chi connectivity index (χ1v) is 7.03. The standard InChI is InChI=1S/C13H15BrN2O4/c14-11-4-1-8(7-10(11)12(18)19)15-13(20)16(5-6-17)9-2-3-9/h1,4,7,9,17H,2-3,5-6H2,(H,15,20)(H,18,19). The maximum atomic E-state index is 12.1. The maximum absolute atomic E-state index is 12.1. The highest BCUT2D eigenvalue weighted by Crippen LogP contribution is 2.27. The Hall–Kier alpha value is -1.60. The van der Waals surface area contributed by atoms with Gasteiger partial charge in [-0.05, 0) is 47.0 Å². The van der Waals surface area contributed by atoms with Crippen LogP contribution in [0, 0.1) is 0 Å². The second-order valence-corrected chi connectivity index (χ2v) is 5.43. The van der Waals surface area contributed by atoms with Crippen LogP contribution in [-0.4, -0.2) is 46.3 Å². The molecule has 0 aromatic heterocycles. The Balaban J connectivity index is 2.10. The molecule has 0 radical (unpaired) electrons. The number of carbonyl (C=O) groups is 2. The van der Waals surface area contributed by atoms with Crippen molar-refractivity contribution < 1.29 is 19.8 Å². The summed E-state index contributed by atoms with van der Waals surface area (Å²) in [7, 11) is 0. The topological polar surface area (TPSA) is 89.9 Å². The van der Waals surface area contributed by atoms with Crippen LogP contribution < -0.4 is 5.32 Å². The molecule has 2 amide bonds. The summed E-state index contributed by atoms with van der Waals surface area (Å²) in [6.07, 6.45) is 1.88. The van der Waals surface area contributed by atoms with E-state index in [1.807, 2.05) is 0 Å². The molecule has 0 spiro atoms. The van der Waals surface area contributed by atoms with E-state index in [9.17, 15) is 9.59 Å². The molecule has 7 heteroatoms. The first-order chi connectivity index (χ1) is 9.52. The van der Waals surface area contributed by atoms with E-state index >= 15 is 0 Å². The summed E-state index contributed by atoms with van der Waals surface area (Å²) < 4.78 is 0.456. The number of hydrogen-bond acceptors (Lipinski definition) is 3. The molecule has 1 aromatic rings. The second kappa shape index (κ2) is 6.23. The summed E-state index contributed by atoms with van der Waals surface area (Å²) in [6.45, 7) is 0.184. The highest BCUT2D eigenvalue weighted by atomic mass is 79.9. The zero-order valence-electron chi connectivity index (χ0n) is 10.7. The van der Waals surface area contributed by atoms with Crippen LogP contribution in [0.5, 0.6) is 0 Å². The molecule has 1 aliphatic carbocycles. The number of amides is 2. The lowest BCUT2D eigenvalue weighted by Gasteiger charge is -2.21. The molecule has 1 fully saturated rings. The molecule has 3 N–H and O–H groups in total. The number of carboxylic acids is 1. The zero-order chi connectivity index (χ0) is 14.7. The van der Waals surface area contributed by atoms with Gasteiger partial charge in [-0.1, -0.05) is 0 Å². The predicted octanol–water partition coefficient (Wildman–Crippen LogP) is 2.14. The maximum Gasteiger partial charge on any atom is 0.336 e. The van der Waals surface area contributed by atoms with Gasteiger partial charge in [-0.15, -0.1) is 0 Å². The zero-order valence-corrected chi connectivity index (χ0v) is 12.3. The molecule has 1 aromatic carbocycles. The lowest BCUT2D eigenvalue weighted by molar-refractivity contribution is 0.0696. The van der Waals surface area contributed by atoms with E-state index in [2.05, 4.69) is 21.2 Å². The summed E-state index contributed by atoms with van der Waals surface area (Å²) in [5.41, 5.74) is 0.502. The predicted molar refractivity (Wildman–Crippen MR) is 76.9 cm³/mol. The third kappa shape index (κ3) is 3.49. The second-order valence-electron chi connectivity index (χ2n) is 4.58. The van der Waals surface area contributed by atoms with Gasteiger partial charge in [0.05, 0.1) is 12.2 Å². The van der Waals surface area contributed by atoms with Crippen molar-refractivity contribution in [2.75, 3.05) is 18.5 Å². The van der Waals surface area contributed by atoms with Crippen LogP contribution in [0.1, 0.15) is 23.2 Å². The van der Waals surface area contributed by atoms with Crippen LogP contribution in [0.4, 0.5) is 10.5 Å². The van der Waals surface area contributed by atoms with Gasteiger partial charge >= 0.3 is 12.0 Å². The number of hydrogen-bond donors (Lipinski definition) is 3. The molecule has 0 saturated heterocycles. The number of benzene rings is 1. The largest absolute Gasteiger partial charge is 0.478 e. The third-order valence-corrected chi connectivity index (χ3v) is 3.73. The number of halogens is 1. The fraction of sp³-hybridized carbons (Fsp3) is 0.385. The summed E-state index contributed by atoms with van der Waals surface area (Å²) in [6, 6.07) is 4.45. The molecule has 0 bridgehead atoms. The monoisotopic (exact) mass is 342 g/mol. The summed E-state index contributed by atoms with van der Waals surface area (Å²) >= 11 is 3.15. The number of anilines is 1. The minimum atomic E-state index is -1.07. The molecule has 2 rings (SSSR count). The number of carbonyl (C=O) groups excluding carboxylic acids is 1. The summed E-state index contributed by atoms with van der Waals surface area (Å²) in [4.78, 5) is 24.7. The summed E-state index contributed by atoms with van der Waals surface area (Å²) in [5, 5.41) is 20.7. The Bertz CT molecular complexity index is 531. The number of aliphatic hydroxyl groups is 1. The van der Waals surface area contributed by atoms with Gasteiger partial charge < -0.3 is 20.4 Å². The fourth-order valence-corrected chi connectivity index (χ4v) is 2.32. The van der Waals surface area contributed by atoms with Gasteiger partial charge in [-0.25, -0.2) is 9.59 Å². The molecule has 1 aliphatic rings. The number of nitrogens with zero attached hydrogens (tertiary/aromatic N) is 1. The van der Waals surface area contributed by atoms with Crippen molar-refractivity contribution in [3.63, 3.8) is 0 Å². The van der Waals surface area contributed by atoms with Gasteiger partial charge in [-0.2, -0.15) is 0 Å². The Kier molecular flexibility index (Phi) is 4.61. The first-order valence-electron chi connectivity index (χ1n) is 6.24. The Morgan fingerprint density at radius 2 is 2.10 bits per heavy atom. The van der Waals surface area contributed by atoms with Crippen molar-refractivity contribution in [1.29, 1.82) is 0 Å². The van der Waals surface area contributed by atoms with Crippen molar-refractivity contribution in [1.82, 2.24) is 4.90 Å². The molecule has 6 nitrogen and oxygen atoms in total. The van der Waals surface area contributed by atoms with Crippen molar-refractivity contribution in [3.05, 3.63) is 28.2 Å². The van der Waals surface area contributed by atoms with Crippen molar-refractivity contribution >= 4 is 33.6 Å². The lowest BCUT2D eigenvalue weighted by atomic mass is 10.2. The Morgan fingerprint density at radius 1 is 1.40 bits per heavy atom. The van der Waals surface area contributed by atoms with Gasteiger partial charge in [0.2, 0.25) is 0 Å². The van der Waals surface area contributed by atoms with Crippen LogP contribution in [0.3, 0.4) is 0 Å². The lowest BCUT2D eigenvalue weighted by Crippen LogP contribution is -2.38. The van der Waals surface area contributed by atoms with Gasteiger partial charge in [0.15, 0.2) is 0 Å². The average molecular weight is 343 g/mol. The van der Waals surface area contributed by atoms with Gasteiger partial charge in [0.25, 0.3) is 0 Å². The minimum Gasteiger partial charge on any atom is -0.478 e. The minimum absolute atomic E-state index is 0.0860. The molecular weight excluding hydrogens is 328 g/mol. The number of rotatable bonds is 5. The van der Waals surface area contributed by atoms with E-state index in [1.165, 1.54) is 6.07 Å². The van der Waals surface area contributed by atoms with E-state index < -0.39 is 5.97 Å². The SMILES string of the molecule is O=C(O)c1cc(NC(=O)N(CCO)C2CC2)ccc1Br. The molecule has 0 unspecified atom stereocenters. The highest BCUT2D eigenvalue weighted by Gasteiger charge is 2.32. The van der Waals surface area contributed by atoms with Crippen molar-refractivity contribution in [2.45, 2.75) is 18.9 Å². The van der Waals surface area contributed by atoms with Crippen LogP contribution in [-0.2, 0) is 0 Å². The van der Waals surface area contributed by atoms with Gasteiger partial charge in [0.1, 0.15) is 0 Å². The van der Waals surface area contributed by atoms with Gasteiger partial charge in [0, 0.05) is 22.7 Å². The fourth-order valence-electron chi connectivity index (χ4n) is 1.91. The Morgan fingerprint density at radius 3 is 2.65 bits per heavy atom. The number of urea groups is 1. The summed E-state index contributed by atoms with van der Waals surface area (Å²) in [5.74, 6) is -1.07. The van der Waals surface area contributed by atoms with E-state index in [1.54, 1.807) is 17.0 Å². The molecule has 1 saturated carbocycles. The normalized spacial score (nSPS) is 13.9. The molecule has 0 aliphatic heterocycles. The number of nitrogens with one attached hydrogen (secondary N) is 1. The van der Waals surface area contributed by atoms with Crippen LogP contribution in [0.2, 0.25) is 0 Å². The van der Waals surface area contributed by atoms with Gasteiger partial charge in [-0.3, -0.25) is 0 Å². The molecule has 0 heterocycles. The van der Waals surface area contributed by atoms with E-state index in [4.69, 9.17) is 10.2 Å². The average Bonchev–Trinajstić information content (AvgIpc) is 3.22. The third-order valence-electron chi connectivity index (χ3n) is 3.04. The van der Waals surface area contributed by atoms with Crippen LogP contribution in [0.25, 0.3) is 0 Å². The number of aromatic carboxylic acids is 1. The Labute approximate surface area is 124 Å². The number of carboxylic acid groups (broad SMARTS) is 1. The van der Waals surface area contributed by atoms with Crippen LogP contribution >= 0.6 is 15.9 Å². The number of aliphatic hydroxyl groups excluding tert-OH is 1. The molecule has 0 atom stereocenters. The smallest absolute Gasteiger partial charge is 0.336 e. The first kappa shape index (κ1) is 14.8. The highest BCUT2D eigenvalue weighted by molar-refractivity contribution is 9.10. The quantitative estimate of drug-likeness (QED) is 0.764. The molecule has 108 valence electrons.